The molecule has 0 aliphatic carbocycles. The third-order valence-corrected chi connectivity index (χ3v) is 6.26. The molecule has 1 atom stereocenters. The van der Waals surface area contributed by atoms with Crippen LogP contribution in [0, 0.1) is 0 Å². The Labute approximate surface area is 201 Å². The normalized spacial score (nSPS) is 15.1. The van der Waals surface area contributed by atoms with Gasteiger partial charge in [0, 0.05) is 32.6 Å². The highest BCUT2D eigenvalue weighted by Crippen LogP contribution is 2.29. The second-order valence-electron chi connectivity index (χ2n) is 8.46. The van der Waals surface area contributed by atoms with Gasteiger partial charge < -0.3 is 15.0 Å². The summed E-state index contributed by atoms with van der Waals surface area (Å²) < 4.78 is 4.94. The van der Waals surface area contributed by atoms with Crippen molar-refractivity contribution >= 4 is 12.0 Å². The van der Waals surface area contributed by atoms with Crippen molar-refractivity contribution in [2.75, 3.05) is 33.3 Å². The van der Waals surface area contributed by atoms with Crippen molar-refractivity contribution in [1.82, 2.24) is 15.1 Å². The van der Waals surface area contributed by atoms with Gasteiger partial charge in [0.05, 0.1) is 13.2 Å². The van der Waals surface area contributed by atoms with Gasteiger partial charge in [0.2, 0.25) is 0 Å². The molecule has 0 bridgehead atoms. The van der Waals surface area contributed by atoms with Crippen molar-refractivity contribution in [3.63, 3.8) is 0 Å². The van der Waals surface area contributed by atoms with E-state index in [-0.39, 0.29) is 12.1 Å². The lowest BCUT2D eigenvalue weighted by molar-refractivity contribution is -0.142. The number of piperazine rings is 1. The maximum absolute atomic E-state index is 13.0. The third kappa shape index (κ3) is 5.83. The number of amides is 2. The average Bonchev–Trinajstić information content (AvgIpc) is 2.90. The Morgan fingerprint density at radius 2 is 1.29 bits per heavy atom. The fourth-order valence-corrected chi connectivity index (χ4v) is 4.49. The summed E-state index contributed by atoms with van der Waals surface area (Å²) in [4.78, 5) is 29.5. The maximum Gasteiger partial charge on any atom is 0.328 e. The number of nitrogens with one attached hydrogen (secondary N) is 1. The van der Waals surface area contributed by atoms with Crippen LogP contribution in [-0.2, 0) is 16.0 Å². The lowest BCUT2D eigenvalue weighted by Crippen LogP contribution is -2.55. The summed E-state index contributed by atoms with van der Waals surface area (Å²) in [5.41, 5.74) is 3.44. The summed E-state index contributed by atoms with van der Waals surface area (Å²) in [5.74, 6) is -0.441. The molecule has 3 aromatic rings. The van der Waals surface area contributed by atoms with Gasteiger partial charge in [-0.15, -0.1) is 0 Å². The average molecular weight is 458 g/mol. The number of carbonyl (C=O) groups is 2. The predicted molar refractivity (Wildman–Crippen MR) is 132 cm³/mol. The number of carbonyl (C=O) groups excluding carboxylic acids is 2. The fraction of sp³-hybridized carbons (Fsp3) is 0.286. The Morgan fingerprint density at radius 1 is 0.794 bits per heavy atom. The Kier molecular flexibility index (Phi) is 7.94. The molecule has 1 saturated heterocycles. The number of methoxy groups -OCH3 is 1. The van der Waals surface area contributed by atoms with Gasteiger partial charge in [-0.2, -0.15) is 0 Å². The van der Waals surface area contributed by atoms with Gasteiger partial charge in [-0.25, -0.2) is 9.59 Å². The van der Waals surface area contributed by atoms with E-state index in [0.717, 1.165) is 18.7 Å². The zero-order valence-electron chi connectivity index (χ0n) is 19.5. The van der Waals surface area contributed by atoms with E-state index >= 15 is 0 Å². The van der Waals surface area contributed by atoms with Gasteiger partial charge in [0.25, 0.3) is 0 Å². The fourth-order valence-electron chi connectivity index (χ4n) is 4.49. The number of esters is 1. The number of ether oxygens (including phenoxy) is 1. The molecule has 1 aliphatic heterocycles. The van der Waals surface area contributed by atoms with Crippen LogP contribution in [-0.4, -0.2) is 61.1 Å². The van der Waals surface area contributed by atoms with Crippen molar-refractivity contribution in [2.24, 2.45) is 0 Å². The Hall–Kier alpha value is -3.64. The number of rotatable bonds is 7. The standard InChI is InChI=1S/C28H31N3O3/c1-34-27(32)25(21-22-11-5-2-6-12-22)29-28(33)31-19-17-30(18-20-31)26(23-13-7-3-8-14-23)24-15-9-4-10-16-24/h2-16,25-26H,17-21H2,1H3,(H,29,33)/t25-/m0/s1. The van der Waals surface area contributed by atoms with Crippen molar-refractivity contribution < 1.29 is 14.3 Å². The number of hydrogen-bond donors (Lipinski definition) is 1. The number of hydrogen-bond acceptors (Lipinski definition) is 4. The number of urea groups is 1. The third-order valence-electron chi connectivity index (χ3n) is 6.26. The lowest BCUT2D eigenvalue weighted by atomic mass is 9.96. The molecule has 1 N–H and O–H groups in total. The highest BCUT2D eigenvalue weighted by Gasteiger charge is 2.30. The monoisotopic (exact) mass is 457 g/mol. The summed E-state index contributed by atoms with van der Waals surface area (Å²) in [6.45, 7) is 2.65. The minimum atomic E-state index is -0.723. The number of nitrogens with zero attached hydrogens (tertiary/aromatic N) is 2. The lowest BCUT2D eigenvalue weighted by Gasteiger charge is -2.40. The van der Waals surface area contributed by atoms with Crippen LogP contribution < -0.4 is 5.32 Å². The van der Waals surface area contributed by atoms with Crippen LogP contribution in [0.5, 0.6) is 0 Å². The Morgan fingerprint density at radius 3 is 1.79 bits per heavy atom. The van der Waals surface area contributed by atoms with Crippen molar-refractivity contribution in [2.45, 2.75) is 18.5 Å². The molecule has 1 aliphatic rings. The maximum atomic E-state index is 13.0. The second kappa shape index (κ2) is 11.5. The van der Waals surface area contributed by atoms with E-state index in [9.17, 15) is 9.59 Å². The molecule has 0 saturated carbocycles. The first-order chi connectivity index (χ1) is 16.7. The smallest absolute Gasteiger partial charge is 0.328 e. The molecule has 3 aromatic carbocycles. The van der Waals surface area contributed by atoms with Gasteiger partial charge >= 0.3 is 12.0 Å². The minimum absolute atomic E-state index is 0.133. The largest absolute Gasteiger partial charge is 0.467 e. The molecule has 4 rings (SSSR count). The summed E-state index contributed by atoms with van der Waals surface area (Å²) >= 11 is 0. The van der Waals surface area contributed by atoms with Crippen LogP contribution in [0.1, 0.15) is 22.7 Å². The zero-order valence-corrected chi connectivity index (χ0v) is 19.5. The van der Waals surface area contributed by atoms with E-state index in [4.69, 9.17) is 4.74 Å². The first-order valence-electron chi connectivity index (χ1n) is 11.7. The SMILES string of the molecule is COC(=O)[C@H](Cc1ccccc1)NC(=O)N1CCN(C(c2ccccc2)c2ccccc2)CC1. The second-order valence-corrected chi connectivity index (χ2v) is 8.46. The molecule has 0 aromatic heterocycles. The predicted octanol–water partition coefficient (Wildman–Crippen LogP) is 3.89. The first-order valence-corrected chi connectivity index (χ1v) is 11.7. The van der Waals surface area contributed by atoms with Gasteiger partial charge in [-0.05, 0) is 16.7 Å². The molecule has 1 heterocycles. The summed E-state index contributed by atoms with van der Waals surface area (Å²) in [7, 11) is 1.35. The Balaban J connectivity index is 1.41. The molecule has 0 spiro atoms. The molecule has 1 fully saturated rings. The number of benzene rings is 3. The van der Waals surface area contributed by atoms with Crippen molar-refractivity contribution in [3.8, 4) is 0 Å². The van der Waals surface area contributed by atoms with E-state index in [1.165, 1.54) is 18.2 Å². The summed E-state index contributed by atoms with van der Waals surface area (Å²) in [5, 5.41) is 2.89. The molecule has 0 radical (unpaired) electrons. The zero-order chi connectivity index (χ0) is 23.8. The molecular formula is C28H31N3O3. The van der Waals surface area contributed by atoms with Gasteiger partial charge in [0.1, 0.15) is 6.04 Å². The van der Waals surface area contributed by atoms with Gasteiger partial charge in [-0.1, -0.05) is 91.0 Å². The van der Waals surface area contributed by atoms with Gasteiger partial charge in [-0.3, -0.25) is 4.90 Å². The van der Waals surface area contributed by atoms with Crippen molar-refractivity contribution in [3.05, 3.63) is 108 Å². The molecule has 6 heteroatoms. The first kappa shape index (κ1) is 23.5. The van der Waals surface area contributed by atoms with Crippen molar-refractivity contribution in [1.29, 1.82) is 0 Å². The van der Waals surface area contributed by atoms with Crippen LogP contribution in [0.15, 0.2) is 91.0 Å². The van der Waals surface area contributed by atoms with Crippen LogP contribution >= 0.6 is 0 Å². The van der Waals surface area contributed by atoms with E-state index in [1.807, 2.05) is 42.5 Å². The van der Waals surface area contributed by atoms with Gasteiger partial charge in [0.15, 0.2) is 0 Å². The summed E-state index contributed by atoms with van der Waals surface area (Å²) in [6, 6.07) is 29.7. The van der Waals surface area contributed by atoms with Crippen LogP contribution in [0.3, 0.4) is 0 Å². The van der Waals surface area contributed by atoms with E-state index in [2.05, 4.69) is 58.7 Å². The van der Waals surface area contributed by atoms with Crippen LogP contribution in [0.2, 0.25) is 0 Å². The Bertz CT molecular complexity index is 1010. The quantitative estimate of drug-likeness (QED) is 0.547. The van der Waals surface area contributed by atoms with Crippen LogP contribution in [0.4, 0.5) is 4.79 Å². The van der Waals surface area contributed by atoms with E-state index < -0.39 is 12.0 Å². The van der Waals surface area contributed by atoms with E-state index in [1.54, 1.807) is 4.90 Å². The summed E-state index contributed by atoms with van der Waals surface area (Å²) in [6.07, 6.45) is 0.392. The van der Waals surface area contributed by atoms with Crippen LogP contribution in [0.25, 0.3) is 0 Å². The minimum Gasteiger partial charge on any atom is -0.467 e. The molecule has 6 nitrogen and oxygen atoms in total. The molecular weight excluding hydrogens is 426 g/mol. The highest BCUT2D eigenvalue weighted by atomic mass is 16.5. The van der Waals surface area contributed by atoms with E-state index in [0.29, 0.717) is 19.5 Å². The molecule has 2 amide bonds. The topological polar surface area (TPSA) is 61.9 Å². The molecule has 176 valence electrons. The molecule has 34 heavy (non-hydrogen) atoms. The highest BCUT2D eigenvalue weighted by molar-refractivity contribution is 5.84. The molecule has 0 unspecified atom stereocenters.